The predicted octanol–water partition coefficient (Wildman–Crippen LogP) is 4.28. The lowest BCUT2D eigenvalue weighted by Gasteiger charge is -2.13. The second kappa shape index (κ2) is 9.16. The molecule has 0 bridgehead atoms. The number of rotatable bonds is 6. The number of benzene rings is 2. The van der Waals surface area contributed by atoms with E-state index in [1.165, 1.54) is 29.0 Å². The Labute approximate surface area is 189 Å². The van der Waals surface area contributed by atoms with Crippen molar-refractivity contribution in [2.24, 2.45) is 0 Å². The summed E-state index contributed by atoms with van der Waals surface area (Å²) < 4.78 is 14.9. The average Bonchev–Trinajstić information content (AvgIpc) is 2.80. The molecule has 2 aromatic carbocycles. The zero-order valence-corrected chi connectivity index (χ0v) is 18.3. The van der Waals surface area contributed by atoms with Crippen LogP contribution in [0.25, 0.3) is 11.0 Å². The Hall–Kier alpha value is -4.13. The van der Waals surface area contributed by atoms with Crippen LogP contribution in [0.3, 0.4) is 0 Å². The summed E-state index contributed by atoms with van der Waals surface area (Å²) >= 11 is 0. The van der Waals surface area contributed by atoms with Crippen molar-refractivity contribution in [2.45, 2.75) is 26.8 Å². The number of amides is 1. The molecule has 0 atom stereocenters. The van der Waals surface area contributed by atoms with Gasteiger partial charge in [-0.05, 0) is 49.2 Å². The number of halogens is 1. The van der Waals surface area contributed by atoms with Gasteiger partial charge in [-0.15, -0.1) is 0 Å². The number of aromatic nitrogens is 2. The molecule has 166 valence electrons. The summed E-state index contributed by atoms with van der Waals surface area (Å²) in [5.41, 5.74) is 2.25. The van der Waals surface area contributed by atoms with E-state index in [9.17, 15) is 18.8 Å². The van der Waals surface area contributed by atoms with Gasteiger partial charge in [-0.3, -0.25) is 14.4 Å². The molecule has 0 fully saturated rings. The maximum Gasteiger partial charge on any atom is 0.244 e. The fourth-order valence-electron chi connectivity index (χ4n) is 3.61. The van der Waals surface area contributed by atoms with Crippen LogP contribution < -0.4 is 10.7 Å². The first-order chi connectivity index (χ1) is 15.9. The molecule has 1 amide bonds. The quantitative estimate of drug-likeness (QED) is 0.451. The van der Waals surface area contributed by atoms with Crippen LogP contribution >= 0.6 is 0 Å². The number of aryl methyl sites for hydroxylation is 2. The van der Waals surface area contributed by atoms with Crippen LogP contribution in [0, 0.1) is 12.7 Å². The van der Waals surface area contributed by atoms with Crippen LogP contribution in [0.15, 0.2) is 71.7 Å². The van der Waals surface area contributed by atoms with E-state index in [2.05, 4.69) is 10.3 Å². The van der Waals surface area contributed by atoms with Crippen LogP contribution in [0.2, 0.25) is 0 Å². The molecule has 4 aromatic rings. The molecule has 33 heavy (non-hydrogen) atoms. The maximum atomic E-state index is 13.5. The lowest BCUT2D eigenvalue weighted by atomic mass is 10.0. The molecule has 0 spiro atoms. The third-order valence-electron chi connectivity index (χ3n) is 5.35. The first-order valence-corrected chi connectivity index (χ1v) is 10.6. The van der Waals surface area contributed by atoms with Crippen LogP contribution in [-0.2, 0) is 17.8 Å². The minimum atomic E-state index is -0.471. The topological polar surface area (TPSA) is 81.1 Å². The SMILES string of the molecule is CCc1ccc(C(=O)c2cn(CC(=O)Nc3cccc(F)c3)c3nc(C)ccc3c2=O)cc1. The molecule has 7 heteroatoms. The molecule has 2 heterocycles. The maximum absolute atomic E-state index is 13.5. The van der Waals surface area contributed by atoms with Crippen molar-refractivity contribution in [1.29, 1.82) is 0 Å². The zero-order valence-electron chi connectivity index (χ0n) is 18.3. The first-order valence-electron chi connectivity index (χ1n) is 10.6. The van der Waals surface area contributed by atoms with Gasteiger partial charge in [0.2, 0.25) is 11.3 Å². The van der Waals surface area contributed by atoms with E-state index >= 15 is 0 Å². The smallest absolute Gasteiger partial charge is 0.244 e. The van der Waals surface area contributed by atoms with Crippen molar-refractivity contribution in [3.8, 4) is 0 Å². The Morgan fingerprint density at radius 1 is 1.06 bits per heavy atom. The predicted molar refractivity (Wildman–Crippen MR) is 125 cm³/mol. The van der Waals surface area contributed by atoms with Gasteiger partial charge in [0.15, 0.2) is 5.78 Å². The number of anilines is 1. The number of pyridine rings is 2. The molecule has 0 aliphatic carbocycles. The van der Waals surface area contributed by atoms with Crippen molar-refractivity contribution in [3.05, 3.63) is 105 Å². The minimum Gasteiger partial charge on any atom is -0.324 e. The number of carbonyl (C=O) groups excluding carboxylic acids is 2. The molecule has 4 rings (SSSR count). The number of fused-ring (bicyclic) bond motifs is 1. The highest BCUT2D eigenvalue weighted by Gasteiger charge is 2.19. The van der Waals surface area contributed by atoms with Gasteiger partial charge in [0.05, 0.1) is 10.9 Å². The lowest BCUT2D eigenvalue weighted by molar-refractivity contribution is -0.116. The Morgan fingerprint density at radius 3 is 2.52 bits per heavy atom. The van der Waals surface area contributed by atoms with Crippen LogP contribution in [0.1, 0.15) is 34.1 Å². The standard InChI is InChI=1S/C26H22FN3O3/c1-3-17-8-10-18(11-9-17)24(32)22-14-30(26-21(25(22)33)12-7-16(2)28-26)15-23(31)29-20-6-4-5-19(27)13-20/h4-14H,3,15H2,1-2H3,(H,29,31). The average molecular weight is 443 g/mol. The Balaban J connectivity index is 1.75. The first kappa shape index (κ1) is 22.1. The fourth-order valence-corrected chi connectivity index (χ4v) is 3.61. The van der Waals surface area contributed by atoms with E-state index in [1.54, 1.807) is 37.3 Å². The summed E-state index contributed by atoms with van der Waals surface area (Å²) in [7, 11) is 0. The number of nitrogens with one attached hydrogen (secondary N) is 1. The van der Waals surface area contributed by atoms with Crippen molar-refractivity contribution in [3.63, 3.8) is 0 Å². The summed E-state index contributed by atoms with van der Waals surface area (Å²) in [5.74, 6) is -1.34. The summed E-state index contributed by atoms with van der Waals surface area (Å²) in [6, 6.07) is 15.9. The van der Waals surface area contributed by atoms with Crippen molar-refractivity contribution in [2.75, 3.05) is 5.32 Å². The highest BCUT2D eigenvalue weighted by molar-refractivity contribution is 6.10. The second-order valence-corrected chi connectivity index (χ2v) is 7.76. The molecule has 0 saturated carbocycles. The third kappa shape index (κ3) is 4.72. The molecule has 0 aliphatic heterocycles. The summed E-state index contributed by atoms with van der Waals surface area (Å²) in [4.78, 5) is 43.4. The Bertz CT molecular complexity index is 1430. The summed E-state index contributed by atoms with van der Waals surface area (Å²) in [6.07, 6.45) is 2.21. The van der Waals surface area contributed by atoms with Crippen LogP contribution in [0.5, 0.6) is 0 Å². The zero-order chi connectivity index (χ0) is 23.5. The normalized spacial score (nSPS) is 10.9. The van der Waals surface area contributed by atoms with Crippen molar-refractivity contribution in [1.82, 2.24) is 9.55 Å². The molecule has 0 aliphatic rings. The van der Waals surface area contributed by atoms with Crippen LogP contribution in [-0.4, -0.2) is 21.2 Å². The van der Waals surface area contributed by atoms with E-state index in [1.807, 2.05) is 19.1 Å². The van der Waals surface area contributed by atoms with Crippen LogP contribution in [0.4, 0.5) is 10.1 Å². The molecule has 0 radical (unpaired) electrons. The number of carbonyl (C=O) groups is 2. The summed E-state index contributed by atoms with van der Waals surface area (Å²) in [5, 5.41) is 2.87. The lowest BCUT2D eigenvalue weighted by Crippen LogP contribution is -2.25. The largest absolute Gasteiger partial charge is 0.324 e. The van der Waals surface area contributed by atoms with Gasteiger partial charge in [0.1, 0.15) is 18.0 Å². The molecular formula is C26H22FN3O3. The van der Waals surface area contributed by atoms with Crippen molar-refractivity contribution < 1.29 is 14.0 Å². The molecule has 0 unspecified atom stereocenters. The van der Waals surface area contributed by atoms with E-state index in [0.29, 0.717) is 22.6 Å². The molecule has 6 nitrogen and oxygen atoms in total. The van der Waals surface area contributed by atoms with E-state index < -0.39 is 22.9 Å². The summed E-state index contributed by atoms with van der Waals surface area (Å²) in [6.45, 7) is 3.58. The van der Waals surface area contributed by atoms with Gasteiger partial charge in [-0.2, -0.15) is 0 Å². The molecule has 2 aromatic heterocycles. The number of hydrogen-bond acceptors (Lipinski definition) is 4. The van der Waals surface area contributed by atoms with E-state index in [4.69, 9.17) is 0 Å². The highest BCUT2D eigenvalue weighted by atomic mass is 19.1. The Morgan fingerprint density at radius 2 is 1.82 bits per heavy atom. The van der Waals surface area contributed by atoms with Crippen molar-refractivity contribution >= 4 is 28.4 Å². The second-order valence-electron chi connectivity index (χ2n) is 7.76. The van der Waals surface area contributed by atoms with Gasteiger partial charge in [-0.25, -0.2) is 9.37 Å². The van der Waals surface area contributed by atoms with Gasteiger partial charge < -0.3 is 9.88 Å². The minimum absolute atomic E-state index is 0.0454. The third-order valence-corrected chi connectivity index (χ3v) is 5.35. The van der Waals surface area contributed by atoms with Gasteiger partial charge in [0, 0.05) is 23.1 Å². The molecule has 1 N–H and O–H groups in total. The van der Waals surface area contributed by atoms with Gasteiger partial charge in [-0.1, -0.05) is 37.3 Å². The molecular weight excluding hydrogens is 421 g/mol. The number of hydrogen-bond donors (Lipinski definition) is 1. The number of ketones is 1. The van der Waals surface area contributed by atoms with E-state index in [-0.39, 0.29) is 17.5 Å². The fraction of sp³-hybridized carbons (Fsp3) is 0.154. The highest BCUT2D eigenvalue weighted by Crippen LogP contribution is 2.16. The number of nitrogens with zero attached hydrogens (tertiary/aromatic N) is 2. The Kier molecular flexibility index (Phi) is 6.13. The monoisotopic (exact) mass is 443 g/mol. The van der Waals surface area contributed by atoms with Gasteiger partial charge in [0.25, 0.3) is 0 Å². The van der Waals surface area contributed by atoms with Gasteiger partial charge >= 0.3 is 0 Å². The van der Waals surface area contributed by atoms with E-state index in [0.717, 1.165) is 12.0 Å². The molecule has 0 saturated heterocycles.